The van der Waals surface area contributed by atoms with Crippen molar-refractivity contribution < 1.29 is 35.5 Å². The molecule has 0 saturated carbocycles. The summed E-state index contributed by atoms with van der Waals surface area (Å²) in [5.41, 5.74) is 0.0740. The lowest BCUT2D eigenvalue weighted by atomic mass is 10.3. The Balaban J connectivity index is 2.30. The van der Waals surface area contributed by atoms with Crippen LogP contribution in [0.5, 0.6) is 0 Å². The maximum Gasteiger partial charge on any atom is 0.407 e. The highest BCUT2D eigenvalue weighted by Crippen LogP contribution is 2.23. The highest BCUT2D eigenvalue weighted by Gasteiger charge is 2.42. The number of nitrogens with one attached hydrogen (secondary N) is 1. The Bertz CT molecular complexity index is 832. The van der Waals surface area contributed by atoms with Gasteiger partial charge in [0.2, 0.25) is 10.0 Å². The zero-order valence-electron chi connectivity index (χ0n) is 11.8. The third kappa shape index (κ3) is 3.91. The largest absolute Gasteiger partial charge is 0.407 e. The fraction of sp³-hybridized carbons (Fsp3) is 0.231. The summed E-state index contributed by atoms with van der Waals surface area (Å²) in [6, 6.07) is 1.10. The summed E-state index contributed by atoms with van der Waals surface area (Å²) in [4.78, 5) is -0.532. The van der Waals surface area contributed by atoms with Crippen molar-refractivity contribution in [2.75, 3.05) is 6.61 Å². The Morgan fingerprint density at radius 1 is 1.17 bits per heavy atom. The molecule has 1 aromatic heterocycles. The van der Waals surface area contributed by atoms with Crippen molar-refractivity contribution in [1.29, 1.82) is 0 Å². The molecule has 0 bridgehead atoms. The lowest BCUT2D eigenvalue weighted by molar-refractivity contribution is -0.158. The van der Waals surface area contributed by atoms with Gasteiger partial charge >= 0.3 is 6.18 Å². The van der Waals surface area contributed by atoms with Gasteiger partial charge in [-0.1, -0.05) is 0 Å². The molecule has 5 nitrogen and oxygen atoms in total. The molecular weight excluding hydrogens is 359 g/mol. The van der Waals surface area contributed by atoms with Gasteiger partial charge in [0, 0.05) is 24.1 Å². The number of rotatable bonds is 5. The molecule has 11 heteroatoms. The normalized spacial score (nSPS) is 13.9. The van der Waals surface area contributed by atoms with Crippen LogP contribution in [0.1, 0.15) is 0 Å². The van der Waals surface area contributed by atoms with Crippen LogP contribution in [0.2, 0.25) is 0 Å². The molecule has 0 unspecified atom stereocenters. The average molecular weight is 370 g/mol. The van der Waals surface area contributed by atoms with E-state index in [-0.39, 0.29) is 5.69 Å². The summed E-state index contributed by atoms with van der Waals surface area (Å²) in [6.45, 7) is -1.47. The summed E-state index contributed by atoms with van der Waals surface area (Å²) >= 11 is 0. The predicted molar refractivity (Wildman–Crippen MR) is 72.9 cm³/mol. The van der Waals surface area contributed by atoms with Crippen LogP contribution in [0, 0.1) is 11.6 Å². The summed E-state index contributed by atoms with van der Waals surface area (Å²) < 4.78 is 90.0. The molecule has 24 heavy (non-hydrogen) atoms. The van der Waals surface area contributed by atoms with Gasteiger partial charge in [-0.25, -0.2) is 17.2 Å². The van der Waals surface area contributed by atoms with Crippen LogP contribution in [0.25, 0.3) is 5.69 Å². The van der Waals surface area contributed by atoms with Gasteiger partial charge in [-0.05, 0) is 18.2 Å². The van der Waals surface area contributed by atoms with E-state index >= 15 is 0 Å². The van der Waals surface area contributed by atoms with E-state index in [4.69, 9.17) is 5.11 Å². The topological polar surface area (TPSA) is 71.3 Å². The van der Waals surface area contributed by atoms with E-state index in [1.807, 2.05) is 0 Å². The van der Waals surface area contributed by atoms with Gasteiger partial charge in [-0.3, -0.25) is 0 Å². The van der Waals surface area contributed by atoms with E-state index in [0.717, 1.165) is 41.2 Å². The number of aliphatic hydroxyl groups excluding tert-OH is 1. The summed E-state index contributed by atoms with van der Waals surface area (Å²) in [5, 5.41) is 8.68. The highest BCUT2D eigenvalue weighted by molar-refractivity contribution is 7.89. The molecule has 1 heterocycles. The Morgan fingerprint density at radius 2 is 1.83 bits per heavy atom. The predicted octanol–water partition coefficient (Wildman–Crippen LogP) is 1.96. The number of hydrogen-bond acceptors (Lipinski definition) is 3. The van der Waals surface area contributed by atoms with E-state index < -0.39 is 45.4 Å². The second-order valence-corrected chi connectivity index (χ2v) is 6.46. The van der Waals surface area contributed by atoms with Crippen molar-refractivity contribution in [3.8, 4) is 5.69 Å². The van der Waals surface area contributed by atoms with Crippen molar-refractivity contribution in [2.45, 2.75) is 17.1 Å². The molecule has 2 N–H and O–H groups in total. The number of sulfonamides is 1. The molecule has 0 saturated heterocycles. The molecule has 0 aliphatic heterocycles. The first-order chi connectivity index (χ1) is 11.0. The lowest BCUT2D eigenvalue weighted by Crippen LogP contribution is -2.47. The Morgan fingerprint density at radius 3 is 2.38 bits per heavy atom. The third-order valence-corrected chi connectivity index (χ3v) is 4.51. The first-order valence-electron chi connectivity index (χ1n) is 6.38. The van der Waals surface area contributed by atoms with Crippen molar-refractivity contribution in [1.82, 2.24) is 9.29 Å². The molecule has 1 aromatic carbocycles. The minimum Gasteiger partial charge on any atom is -0.394 e. The van der Waals surface area contributed by atoms with E-state index in [0.29, 0.717) is 0 Å². The monoisotopic (exact) mass is 370 g/mol. The minimum absolute atomic E-state index is 0.0740. The molecule has 0 aliphatic carbocycles. The van der Waals surface area contributed by atoms with Crippen LogP contribution in [0.15, 0.2) is 41.6 Å². The average Bonchev–Trinajstić information content (AvgIpc) is 2.97. The van der Waals surface area contributed by atoms with Crippen LogP contribution in [0.3, 0.4) is 0 Å². The van der Waals surface area contributed by atoms with Crippen molar-refractivity contribution in [3.05, 3.63) is 48.3 Å². The second kappa shape index (κ2) is 6.49. The zero-order valence-corrected chi connectivity index (χ0v) is 12.6. The van der Waals surface area contributed by atoms with Crippen LogP contribution in [-0.2, 0) is 10.0 Å². The molecule has 132 valence electrons. The Kier molecular flexibility index (Phi) is 4.97. The van der Waals surface area contributed by atoms with Gasteiger partial charge in [0.25, 0.3) is 0 Å². The molecule has 0 fully saturated rings. The SMILES string of the molecule is O=S(=O)(N[C@@H](CO)C(F)(F)F)c1ccn(-c2ccc(F)c(F)c2)c1. The number of nitrogens with zero attached hydrogens (tertiary/aromatic N) is 1. The van der Waals surface area contributed by atoms with Crippen molar-refractivity contribution in [3.63, 3.8) is 0 Å². The maximum atomic E-state index is 13.2. The minimum atomic E-state index is -4.97. The summed E-state index contributed by atoms with van der Waals surface area (Å²) in [5.74, 6) is -2.27. The number of halogens is 5. The van der Waals surface area contributed by atoms with Crippen LogP contribution in [-0.4, -0.2) is 36.9 Å². The smallest absolute Gasteiger partial charge is 0.394 e. The van der Waals surface area contributed by atoms with Crippen molar-refractivity contribution in [2.24, 2.45) is 0 Å². The quantitative estimate of drug-likeness (QED) is 0.791. The Hall–Kier alpha value is -1.98. The molecule has 2 rings (SSSR count). The maximum absolute atomic E-state index is 13.2. The van der Waals surface area contributed by atoms with Crippen LogP contribution >= 0.6 is 0 Å². The van der Waals surface area contributed by atoms with Gasteiger partial charge in [-0.15, -0.1) is 0 Å². The number of aromatic nitrogens is 1. The first kappa shape index (κ1) is 18.4. The number of benzene rings is 1. The van der Waals surface area contributed by atoms with Crippen LogP contribution < -0.4 is 4.72 Å². The Labute approximate surface area is 133 Å². The van der Waals surface area contributed by atoms with Gasteiger partial charge in [0.05, 0.1) is 6.61 Å². The molecule has 0 radical (unpaired) electrons. The fourth-order valence-corrected chi connectivity index (χ4v) is 3.02. The highest BCUT2D eigenvalue weighted by atomic mass is 32.2. The molecule has 2 aromatic rings. The fourth-order valence-electron chi connectivity index (χ4n) is 1.81. The van der Waals surface area contributed by atoms with Gasteiger partial charge in [0.15, 0.2) is 11.6 Å². The number of alkyl halides is 3. The summed E-state index contributed by atoms with van der Waals surface area (Å²) in [6.07, 6.45) is -2.88. The second-order valence-electron chi connectivity index (χ2n) is 4.75. The van der Waals surface area contributed by atoms with E-state index in [1.54, 1.807) is 0 Å². The zero-order chi connectivity index (χ0) is 18.1. The van der Waals surface area contributed by atoms with Crippen molar-refractivity contribution >= 4 is 10.0 Å². The molecular formula is C13H11F5N2O3S. The number of aliphatic hydroxyl groups is 1. The van der Waals surface area contributed by atoms with Gasteiger partial charge in [0.1, 0.15) is 10.9 Å². The lowest BCUT2D eigenvalue weighted by Gasteiger charge is -2.18. The van der Waals surface area contributed by atoms with E-state index in [1.165, 1.54) is 4.72 Å². The van der Waals surface area contributed by atoms with E-state index in [9.17, 15) is 30.4 Å². The molecule has 0 amide bonds. The van der Waals surface area contributed by atoms with E-state index in [2.05, 4.69) is 0 Å². The molecule has 1 atom stereocenters. The summed E-state index contributed by atoms with van der Waals surface area (Å²) in [7, 11) is -4.58. The van der Waals surface area contributed by atoms with Gasteiger partial charge < -0.3 is 9.67 Å². The molecule has 0 spiro atoms. The standard InChI is InChI=1S/C13H11F5N2O3S/c14-10-2-1-8(5-11(10)15)20-4-3-9(6-20)24(22,23)19-12(7-21)13(16,17)18/h1-6,12,19,21H,7H2/t12-/m0/s1. The number of hydrogen-bond donors (Lipinski definition) is 2. The van der Waals surface area contributed by atoms with Crippen LogP contribution in [0.4, 0.5) is 22.0 Å². The first-order valence-corrected chi connectivity index (χ1v) is 7.86. The third-order valence-electron chi connectivity index (χ3n) is 3.05. The van der Waals surface area contributed by atoms with Gasteiger partial charge in [-0.2, -0.15) is 17.9 Å². The molecule has 0 aliphatic rings.